The third-order valence-corrected chi connectivity index (χ3v) is 13.0. The zero-order valence-corrected chi connectivity index (χ0v) is 22.4. The van der Waals surface area contributed by atoms with E-state index < -0.39 is 17.1 Å². The van der Waals surface area contributed by atoms with Crippen LogP contribution >= 0.6 is 0 Å². The minimum absolute atomic E-state index is 0.0507. The van der Waals surface area contributed by atoms with Crippen molar-refractivity contribution in [1.29, 1.82) is 0 Å². The normalized spacial score (nSPS) is 54.0. The van der Waals surface area contributed by atoms with Crippen molar-refractivity contribution in [2.45, 2.75) is 111 Å². The summed E-state index contributed by atoms with van der Waals surface area (Å²) in [4.78, 5) is 0. The van der Waals surface area contributed by atoms with Gasteiger partial charge in [-0.05, 0) is 104 Å². The van der Waals surface area contributed by atoms with Gasteiger partial charge in [-0.15, -0.1) is 0 Å². The Hall–Kier alpha value is -0.420. The van der Waals surface area contributed by atoms with E-state index in [-0.39, 0.29) is 30.0 Å². The monoisotopic (exact) mass is 474 g/mol. The Morgan fingerprint density at radius 1 is 0.971 bits per heavy atom. The van der Waals surface area contributed by atoms with Gasteiger partial charge in [-0.3, -0.25) is 0 Å². The standard InChI is InChI=1S/C30H50O4/c1-17(2)18(3)27(4)14-25(27)21(16-31)22-9-10-23-24-8-7-19-13-20(32)11-12-29(19,6)30(24,34)26(33)15-28(22,23)5/h7,17-18,20-26,31-34H,8-16H2,1-6H3/t18-,20+,21+,22?,23?,24?,25-,26-,27-,28?,29?,30+/m1/s1. The highest BCUT2D eigenvalue weighted by molar-refractivity contribution is 5.32. The maximum absolute atomic E-state index is 12.4. The minimum Gasteiger partial charge on any atom is -0.396 e. The van der Waals surface area contributed by atoms with Crippen molar-refractivity contribution in [1.82, 2.24) is 0 Å². The lowest BCUT2D eigenvalue weighted by atomic mass is 9.43. The molecule has 5 rings (SSSR count). The molecule has 0 radical (unpaired) electrons. The average molecular weight is 475 g/mol. The van der Waals surface area contributed by atoms with Crippen LogP contribution in [0.5, 0.6) is 0 Å². The van der Waals surface area contributed by atoms with Crippen molar-refractivity contribution in [3.05, 3.63) is 11.6 Å². The molecule has 194 valence electrons. The summed E-state index contributed by atoms with van der Waals surface area (Å²) in [5.41, 5.74) is -0.156. The first-order chi connectivity index (χ1) is 15.8. The van der Waals surface area contributed by atoms with Crippen LogP contribution in [0.1, 0.15) is 92.9 Å². The predicted octanol–water partition coefficient (Wildman–Crippen LogP) is 4.94. The third-order valence-electron chi connectivity index (χ3n) is 13.0. The topological polar surface area (TPSA) is 80.9 Å². The number of aliphatic hydroxyl groups excluding tert-OH is 3. The summed E-state index contributed by atoms with van der Waals surface area (Å²) in [6.45, 7) is 14.2. The minimum atomic E-state index is -1.12. The Morgan fingerprint density at radius 2 is 1.68 bits per heavy atom. The fraction of sp³-hybridized carbons (Fsp3) is 0.933. The molecule has 12 atom stereocenters. The summed E-state index contributed by atoms with van der Waals surface area (Å²) >= 11 is 0. The highest BCUT2D eigenvalue weighted by Gasteiger charge is 2.70. The van der Waals surface area contributed by atoms with Crippen LogP contribution in [0.3, 0.4) is 0 Å². The SMILES string of the molecule is CC(C)[C@@H](C)[C@@]1(C)C[C@@H]1[C@@H](CO)C1CCC2C3CC=C4C[C@@H](O)CCC4(C)[C@@]3(O)[C@H](O)CC21C. The number of fused-ring (bicyclic) bond motifs is 5. The highest BCUT2D eigenvalue weighted by atomic mass is 16.3. The van der Waals surface area contributed by atoms with E-state index in [0.717, 1.165) is 31.3 Å². The number of rotatable bonds is 5. The fourth-order valence-corrected chi connectivity index (χ4v) is 10.3. The molecule has 5 unspecified atom stereocenters. The Kier molecular flexibility index (Phi) is 5.97. The summed E-state index contributed by atoms with van der Waals surface area (Å²) in [6, 6.07) is 0. The van der Waals surface area contributed by atoms with E-state index >= 15 is 0 Å². The van der Waals surface area contributed by atoms with Crippen LogP contribution in [-0.2, 0) is 0 Å². The second-order valence-corrected chi connectivity index (χ2v) is 14.3. The number of allylic oxidation sites excluding steroid dienone is 1. The molecule has 0 aromatic carbocycles. The van der Waals surface area contributed by atoms with Gasteiger partial charge < -0.3 is 20.4 Å². The number of hydrogen-bond donors (Lipinski definition) is 4. The molecule has 0 aliphatic heterocycles. The van der Waals surface area contributed by atoms with Crippen molar-refractivity contribution in [2.24, 2.45) is 57.7 Å². The largest absolute Gasteiger partial charge is 0.396 e. The molecule has 4 saturated carbocycles. The van der Waals surface area contributed by atoms with Crippen molar-refractivity contribution < 1.29 is 20.4 Å². The highest BCUT2D eigenvalue weighted by Crippen LogP contribution is 2.72. The molecule has 5 aliphatic carbocycles. The molecule has 4 nitrogen and oxygen atoms in total. The summed E-state index contributed by atoms with van der Waals surface area (Å²) in [7, 11) is 0. The van der Waals surface area contributed by atoms with Gasteiger partial charge in [0.15, 0.2) is 0 Å². The Balaban J connectivity index is 1.45. The molecule has 0 bridgehead atoms. The first kappa shape index (κ1) is 25.2. The van der Waals surface area contributed by atoms with Gasteiger partial charge in [-0.25, -0.2) is 0 Å². The lowest BCUT2D eigenvalue weighted by Gasteiger charge is -2.64. The molecular formula is C30H50O4. The van der Waals surface area contributed by atoms with Crippen LogP contribution in [0.2, 0.25) is 0 Å². The van der Waals surface area contributed by atoms with E-state index in [9.17, 15) is 20.4 Å². The zero-order valence-electron chi connectivity index (χ0n) is 22.4. The Labute approximate surface area is 207 Å². The zero-order chi connectivity index (χ0) is 24.8. The van der Waals surface area contributed by atoms with Gasteiger partial charge in [-0.2, -0.15) is 0 Å². The predicted molar refractivity (Wildman–Crippen MR) is 135 cm³/mol. The maximum Gasteiger partial charge on any atom is 0.103 e. The van der Waals surface area contributed by atoms with Gasteiger partial charge >= 0.3 is 0 Å². The smallest absolute Gasteiger partial charge is 0.103 e. The maximum atomic E-state index is 12.4. The van der Waals surface area contributed by atoms with E-state index in [4.69, 9.17) is 0 Å². The molecule has 4 fully saturated rings. The molecule has 34 heavy (non-hydrogen) atoms. The van der Waals surface area contributed by atoms with E-state index in [1.165, 1.54) is 6.42 Å². The fourth-order valence-electron chi connectivity index (χ4n) is 10.3. The van der Waals surface area contributed by atoms with Crippen molar-refractivity contribution in [2.75, 3.05) is 6.61 Å². The van der Waals surface area contributed by atoms with E-state index in [1.807, 2.05) is 0 Å². The number of aliphatic hydroxyl groups is 4. The van der Waals surface area contributed by atoms with E-state index in [1.54, 1.807) is 0 Å². The molecular weight excluding hydrogens is 424 g/mol. The summed E-state index contributed by atoms with van der Waals surface area (Å²) in [5, 5.41) is 45.1. The molecule has 0 saturated heterocycles. The van der Waals surface area contributed by atoms with Crippen LogP contribution in [0.15, 0.2) is 11.6 Å². The summed E-state index contributed by atoms with van der Waals surface area (Å²) in [6.07, 6.45) is 8.09. The van der Waals surface area contributed by atoms with Gasteiger partial charge in [0.25, 0.3) is 0 Å². The first-order valence-corrected chi connectivity index (χ1v) is 14.2. The van der Waals surface area contributed by atoms with Gasteiger partial charge in [0.05, 0.1) is 12.2 Å². The van der Waals surface area contributed by atoms with Crippen molar-refractivity contribution >= 4 is 0 Å². The second-order valence-electron chi connectivity index (χ2n) is 14.3. The number of hydrogen-bond acceptors (Lipinski definition) is 4. The molecule has 0 amide bonds. The lowest BCUT2D eigenvalue weighted by Crippen LogP contribution is -2.69. The van der Waals surface area contributed by atoms with Crippen LogP contribution in [-0.4, -0.2) is 44.8 Å². The van der Waals surface area contributed by atoms with Gasteiger partial charge in [0, 0.05) is 12.0 Å². The van der Waals surface area contributed by atoms with Gasteiger partial charge in [0.2, 0.25) is 0 Å². The average Bonchev–Trinajstić information content (AvgIpc) is 3.35. The Bertz CT molecular complexity index is 838. The molecule has 0 aromatic rings. The molecule has 5 aliphatic rings. The Morgan fingerprint density at radius 3 is 2.32 bits per heavy atom. The molecule has 0 spiro atoms. The van der Waals surface area contributed by atoms with Crippen molar-refractivity contribution in [3.8, 4) is 0 Å². The third kappa shape index (κ3) is 3.17. The van der Waals surface area contributed by atoms with Gasteiger partial charge in [0.1, 0.15) is 5.60 Å². The quantitative estimate of drug-likeness (QED) is 0.426. The summed E-state index contributed by atoms with van der Waals surface area (Å²) in [5.74, 6) is 2.95. The molecule has 0 aromatic heterocycles. The first-order valence-electron chi connectivity index (χ1n) is 14.2. The van der Waals surface area contributed by atoms with E-state index in [0.29, 0.717) is 54.3 Å². The van der Waals surface area contributed by atoms with Crippen molar-refractivity contribution in [3.63, 3.8) is 0 Å². The molecule has 4 N–H and O–H groups in total. The molecule has 4 heteroatoms. The van der Waals surface area contributed by atoms with Gasteiger partial charge in [-0.1, -0.05) is 53.2 Å². The van der Waals surface area contributed by atoms with Crippen LogP contribution < -0.4 is 0 Å². The molecule has 0 heterocycles. The summed E-state index contributed by atoms with van der Waals surface area (Å²) < 4.78 is 0. The lowest BCUT2D eigenvalue weighted by molar-refractivity contribution is -0.247. The van der Waals surface area contributed by atoms with Crippen LogP contribution in [0, 0.1) is 57.7 Å². The van der Waals surface area contributed by atoms with Crippen LogP contribution in [0.25, 0.3) is 0 Å². The second kappa shape index (κ2) is 8.04. The van der Waals surface area contributed by atoms with Crippen LogP contribution in [0.4, 0.5) is 0 Å². The van der Waals surface area contributed by atoms with E-state index in [2.05, 4.69) is 47.6 Å².